The Labute approximate surface area is 377 Å². The lowest BCUT2D eigenvalue weighted by atomic mass is 9.44. The number of amides is 1. The lowest BCUT2D eigenvalue weighted by molar-refractivity contribution is -0.430. The van der Waals surface area contributed by atoms with Gasteiger partial charge in [-0.25, -0.2) is 9.59 Å². The Morgan fingerprint density at radius 2 is 1.37 bits per heavy atom. The molecular formula is C50H57NO14. The highest BCUT2D eigenvalue weighted by molar-refractivity contribution is 5.95. The maximum absolute atomic E-state index is 14.5. The predicted molar refractivity (Wildman–Crippen MR) is 231 cm³/mol. The summed E-state index contributed by atoms with van der Waals surface area (Å²) in [5, 5.41) is 28.7. The van der Waals surface area contributed by atoms with E-state index in [-0.39, 0.29) is 18.6 Å². The van der Waals surface area contributed by atoms with Gasteiger partial charge in [-0.2, -0.15) is 0 Å². The number of nitrogens with one attached hydrogen (secondary N) is 1. The third-order valence-electron chi connectivity index (χ3n) is 14.5. The zero-order valence-electron chi connectivity index (χ0n) is 37.8. The van der Waals surface area contributed by atoms with Crippen LogP contribution in [0.15, 0.2) is 102 Å². The minimum Gasteiger partial charge on any atom is -0.456 e. The Hall–Kier alpha value is -5.45. The van der Waals surface area contributed by atoms with Crippen molar-refractivity contribution in [3.63, 3.8) is 0 Å². The molecule has 0 spiro atoms. The monoisotopic (exact) mass is 895 g/mol. The SMILES string of the molecule is CC(=O)O[C@@H]1C2=C(C)[C@@H](OC(=O)[C@H](O)[C@@H](NC(=O)c3ccccc3)c3ccccc3)C[C@@](O)([C@@H](OC(=O)c3ccccc3)[C@@H]3[C@]4(OC(C)=O)CO[C@@H]4C[C@@H]4OC(C)(C)O[C@@H]1[C@]43C)C2(C)C. The number of hydrogen-bond donors (Lipinski definition) is 3. The van der Waals surface area contributed by atoms with Crippen LogP contribution in [0, 0.1) is 16.7 Å². The van der Waals surface area contributed by atoms with Crippen molar-refractivity contribution in [1.29, 1.82) is 0 Å². The van der Waals surface area contributed by atoms with E-state index < -0.39 is 119 Å². The van der Waals surface area contributed by atoms with Gasteiger partial charge in [0, 0.05) is 43.1 Å². The van der Waals surface area contributed by atoms with Gasteiger partial charge in [0.2, 0.25) is 0 Å². The van der Waals surface area contributed by atoms with Gasteiger partial charge in [0.15, 0.2) is 23.6 Å². The van der Waals surface area contributed by atoms with Crippen molar-refractivity contribution in [2.24, 2.45) is 16.7 Å². The summed E-state index contributed by atoms with van der Waals surface area (Å²) in [6.45, 7) is 12.8. The highest BCUT2D eigenvalue weighted by atomic mass is 16.7. The first kappa shape index (κ1) is 46.1. The van der Waals surface area contributed by atoms with E-state index in [1.165, 1.54) is 13.8 Å². The van der Waals surface area contributed by atoms with Crippen molar-refractivity contribution in [3.8, 4) is 0 Å². The number of aliphatic hydroxyl groups excluding tert-OH is 1. The predicted octanol–water partition coefficient (Wildman–Crippen LogP) is 5.33. The van der Waals surface area contributed by atoms with E-state index in [9.17, 15) is 34.2 Å². The summed E-state index contributed by atoms with van der Waals surface area (Å²) in [7, 11) is 0. The fourth-order valence-corrected chi connectivity index (χ4v) is 11.4. The molecule has 15 nitrogen and oxygen atoms in total. The first-order valence-electron chi connectivity index (χ1n) is 22.0. The average Bonchev–Trinajstić information content (AvgIpc) is 3.25. The molecule has 1 amide bonds. The largest absolute Gasteiger partial charge is 0.456 e. The lowest BCUT2D eigenvalue weighted by Gasteiger charge is -2.71. The van der Waals surface area contributed by atoms with Crippen LogP contribution in [-0.4, -0.2) is 106 Å². The number of hydrogen-bond acceptors (Lipinski definition) is 14. The summed E-state index contributed by atoms with van der Waals surface area (Å²) < 4.78 is 45.4. The van der Waals surface area contributed by atoms with Gasteiger partial charge in [-0.15, -0.1) is 0 Å². The standard InChI is InChI=1S/C50H57NO14/c1-27-33(61-45(57)38(54)37(30-18-12-9-13-19-30)51-43(55)31-20-14-10-15-21-31)25-50(58)42(62-44(56)32-22-16-11-17-23-32)40-48(8)34(24-35-49(40,26-59-35)63-29(3)53)64-47(6,7)65-41(48)39(60-28(2)52)36(27)46(50,4)5/h9-23,33-35,37-42,54,58H,24-26H2,1-8H3,(H,51,55)/t33-,34-,35+,37-,38+,39+,40-,41-,42-,48+,49-,50+/m0/s1. The molecule has 12 atom stereocenters. The number of carbonyl (C=O) groups is 5. The van der Waals surface area contributed by atoms with E-state index in [2.05, 4.69) is 5.32 Å². The molecule has 3 N–H and O–H groups in total. The van der Waals surface area contributed by atoms with Crippen LogP contribution in [0.25, 0.3) is 0 Å². The topological polar surface area (TPSA) is 202 Å². The Morgan fingerprint density at radius 1 is 0.769 bits per heavy atom. The summed E-state index contributed by atoms with van der Waals surface area (Å²) in [5.74, 6) is -6.31. The van der Waals surface area contributed by atoms with Crippen LogP contribution in [-0.2, 0) is 47.5 Å². The van der Waals surface area contributed by atoms with Gasteiger partial charge in [-0.3, -0.25) is 14.4 Å². The van der Waals surface area contributed by atoms with Gasteiger partial charge in [-0.05, 0) is 61.7 Å². The van der Waals surface area contributed by atoms with Gasteiger partial charge >= 0.3 is 23.9 Å². The van der Waals surface area contributed by atoms with Gasteiger partial charge in [0.1, 0.15) is 30.0 Å². The van der Waals surface area contributed by atoms with Gasteiger partial charge < -0.3 is 48.7 Å². The highest BCUT2D eigenvalue weighted by Gasteiger charge is 2.80. The second-order valence-electron chi connectivity index (χ2n) is 19.1. The fourth-order valence-electron chi connectivity index (χ4n) is 11.4. The molecule has 3 aliphatic carbocycles. The molecule has 3 aromatic rings. The first-order valence-corrected chi connectivity index (χ1v) is 22.0. The number of rotatable bonds is 10. The third kappa shape index (κ3) is 7.74. The van der Waals surface area contributed by atoms with Crippen LogP contribution in [0.1, 0.15) is 101 Å². The van der Waals surface area contributed by atoms with Gasteiger partial charge in [-0.1, -0.05) is 87.5 Å². The number of benzene rings is 3. The maximum Gasteiger partial charge on any atom is 0.338 e. The van der Waals surface area contributed by atoms with Crippen LogP contribution in [0.5, 0.6) is 0 Å². The smallest absolute Gasteiger partial charge is 0.338 e. The molecule has 2 aliphatic heterocycles. The van der Waals surface area contributed by atoms with E-state index in [0.29, 0.717) is 22.3 Å². The summed E-state index contributed by atoms with van der Waals surface area (Å²) in [4.78, 5) is 69.3. The van der Waals surface area contributed by atoms with E-state index >= 15 is 0 Å². The number of esters is 4. The molecule has 4 fully saturated rings. The molecule has 346 valence electrons. The summed E-state index contributed by atoms with van der Waals surface area (Å²) >= 11 is 0. The molecule has 65 heavy (non-hydrogen) atoms. The van der Waals surface area contributed by atoms with E-state index in [0.717, 1.165) is 0 Å². The van der Waals surface area contributed by atoms with Crippen molar-refractivity contribution >= 4 is 29.8 Å². The molecule has 0 aromatic heterocycles. The fraction of sp³-hybridized carbons (Fsp3) is 0.500. The first-order chi connectivity index (χ1) is 30.6. The zero-order chi connectivity index (χ0) is 46.9. The van der Waals surface area contributed by atoms with Crippen molar-refractivity contribution < 1.29 is 67.3 Å². The molecule has 2 saturated carbocycles. The summed E-state index contributed by atoms with van der Waals surface area (Å²) in [5.41, 5.74) is -5.05. The Balaban J connectivity index is 1.31. The Kier molecular flexibility index (Phi) is 11.9. The summed E-state index contributed by atoms with van der Waals surface area (Å²) in [6, 6.07) is 23.7. The molecule has 0 unspecified atom stereocenters. The zero-order valence-corrected chi connectivity index (χ0v) is 37.8. The molecule has 2 bridgehead atoms. The number of aliphatic hydroxyl groups is 2. The van der Waals surface area contributed by atoms with Gasteiger partial charge in [0.25, 0.3) is 5.91 Å². The maximum atomic E-state index is 14.5. The molecular weight excluding hydrogens is 839 g/mol. The number of fused-ring (bicyclic) bond motifs is 4. The minimum absolute atomic E-state index is 0.142. The van der Waals surface area contributed by atoms with Crippen molar-refractivity contribution in [3.05, 3.63) is 119 Å². The normalized spacial score (nSPS) is 33.7. The Bertz CT molecular complexity index is 2370. The van der Waals surface area contributed by atoms with Crippen LogP contribution < -0.4 is 5.32 Å². The van der Waals surface area contributed by atoms with Crippen molar-refractivity contribution in [1.82, 2.24) is 5.32 Å². The van der Waals surface area contributed by atoms with Crippen LogP contribution in [0.3, 0.4) is 0 Å². The quantitative estimate of drug-likeness (QED) is 0.134. The Morgan fingerprint density at radius 3 is 1.94 bits per heavy atom. The molecule has 2 heterocycles. The lowest BCUT2D eigenvalue weighted by Crippen LogP contribution is -2.84. The molecule has 0 radical (unpaired) electrons. The van der Waals surface area contributed by atoms with E-state index in [1.54, 1.807) is 126 Å². The van der Waals surface area contributed by atoms with Gasteiger partial charge in [0.05, 0.1) is 30.2 Å². The summed E-state index contributed by atoms with van der Waals surface area (Å²) in [6.07, 6.45) is -9.11. The molecule has 2 saturated heterocycles. The van der Waals surface area contributed by atoms with Crippen molar-refractivity contribution in [2.45, 2.75) is 134 Å². The number of carbonyl (C=O) groups excluding carboxylic acids is 5. The molecule has 5 aliphatic rings. The van der Waals surface area contributed by atoms with Crippen LogP contribution in [0.2, 0.25) is 0 Å². The second kappa shape index (κ2) is 16.8. The minimum atomic E-state index is -2.23. The molecule has 3 aromatic carbocycles. The molecule has 15 heteroatoms. The van der Waals surface area contributed by atoms with E-state index in [1.807, 2.05) is 6.92 Å². The number of ether oxygens (including phenoxy) is 7. The van der Waals surface area contributed by atoms with Crippen molar-refractivity contribution in [2.75, 3.05) is 6.61 Å². The van der Waals surface area contributed by atoms with Crippen LogP contribution in [0.4, 0.5) is 0 Å². The highest BCUT2D eigenvalue weighted by Crippen LogP contribution is 2.68. The average molecular weight is 896 g/mol. The van der Waals surface area contributed by atoms with E-state index in [4.69, 9.17) is 33.2 Å². The molecule has 8 rings (SSSR count). The second-order valence-corrected chi connectivity index (χ2v) is 19.1. The third-order valence-corrected chi connectivity index (χ3v) is 14.5. The van der Waals surface area contributed by atoms with Crippen LogP contribution >= 0.6 is 0 Å².